The second-order valence-electron chi connectivity index (χ2n) is 4.77. The number of aromatic nitrogens is 1. The monoisotopic (exact) mass is 314 g/mol. The smallest absolute Gasteiger partial charge is 0.323 e. The van der Waals surface area contributed by atoms with Gasteiger partial charge in [0.2, 0.25) is 0 Å². The Labute approximate surface area is 134 Å². The Balaban J connectivity index is 1.97. The van der Waals surface area contributed by atoms with Crippen LogP contribution >= 0.6 is 0 Å². The third kappa shape index (κ3) is 5.08. The van der Waals surface area contributed by atoms with Crippen LogP contribution in [0.4, 0.5) is 21.9 Å². The summed E-state index contributed by atoms with van der Waals surface area (Å²) in [6.45, 7) is 1.65. The average molecular weight is 314 g/mol. The molecule has 7 heteroatoms. The van der Waals surface area contributed by atoms with Crippen LogP contribution in [0, 0.1) is 0 Å². The summed E-state index contributed by atoms with van der Waals surface area (Å²) in [7, 11) is 1.46. The maximum Gasteiger partial charge on any atom is 0.323 e. The minimum absolute atomic E-state index is 0.260. The van der Waals surface area contributed by atoms with Crippen molar-refractivity contribution in [3.05, 3.63) is 48.8 Å². The Hall–Kier alpha value is -2.93. The molecule has 0 spiro atoms. The maximum absolute atomic E-state index is 11.9. The normalized spacial score (nSPS) is 11.4. The van der Waals surface area contributed by atoms with Crippen LogP contribution in [0.25, 0.3) is 0 Å². The lowest BCUT2D eigenvalue weighted by Crippen LogP contribution is -2.26. The molecule has 1 atom stereocenters. The second-order valence-corrected chi connectivity index (χ2v) is 4.77. The molecule has 0 saturated heterocycles. The Morgan fingerprint density at radius 3 is 2.35 bits per heavy atom. The van der Waals surface area contributed by atoms with E-state index in [0.717, 1.165) is 0 Å². The molecule has 3 N–H and O–H groups in total. The van der Waals surface area contributed by atoms with E-state index in [1.807, 2.05) is 0 Å². The fraction of sp³-hybridized carbons (Fsp3) is 0.188. The van der Waals surface area contributed by atoms with Crippen LogP contribution < -0.4 is 16.0 Å². The Bertz CT molecular complexity index is 676. The number of benzene rings is 1. The SMILES string of the molecule is COC(C)C(=O)Nc1cccc(NC(=O)Nc2cccnc2)c1. The van der Waals surface area contributed by atoms with Crippen molar-refractivity contribution in [2.75, 3.05) is 23.1 Å². The number of hydrogen-bond acceptors (Lipinski definition) is 4. The van der Waals surface area contributed by atoms with E-state index in [4.69, 9.17) is 4.74 Å². The summed E-state index contributed by atoms with van der Waals surface area (Å²) in [6.07, 6.45) is 2.61. The van der Waals surface area contributed by atoms with E-state index in [-0.39, 0.29) is 5.91 Å². The zero-order valence-corrected chi connectivity index (χ0v) is 12.9. The molecule has 1 heterocycles. The highest BCUT2D eigenvalue weighted by molar-refractivity contribution is 6.00. The summed E-state index contributed by atoms with van der Waals surface area (Å²) in [5, 5.41) is 8.06. The van der Waals surface area contributed by atoms with Gasteiger partial charge in [-0.2, -0.15) is 0 Å². The highest BCUT2D eigenvalue weighted by Crippen LogP contribution is 2.16. The van der Waals surface area contributed by atoms with E-state index in [2.05, 4.69) is 20.9 Å². The van der Waals surface area contributed by atoms with Crippen LogP contribution in [-0.2, 0) is 9.53 Å². The standard InChI is InChI=1S/C16H18N4O3/c1-11(23-2)15(21)18-12-5-3-6-13(9-12)19-16(22)20-14-7-4-8-17-10-14/h3-11H,1-2H3,(H,18,21)(H2,19,20,22). The second kappa shape index (κ2) is 7.90. The summed E-state index contributed by atoms with van der Waals surface area (Å²) in [5.41, 5.74) is 1.70. The molecular formula is C16H18N4O3. The molecule has 3 amide bonds. The highest BCUT2D eigenvalue weighted by Gasteiger charge is 2.11. The molecule has 0 fully saturated rings. The van der Waals surface area contributed by atoms with Crippen LogP contribution in [0.15, 0.2) is 48.8 Å². The highest BCUT2D eigenvalue weighted by atomic mass is 16.5. The van der Waals surface area contributed by atoms with E-state index >= 15 is 0 Å². The number of rotatable bonds is 5. The van der Waals surface area contributed by atoms with E-state index in [1.54, 1.807) is 55.7 Å². The molecule has 0 bridgehead atoms. The number of pyridine rings is 1. The van der Waals surface area contributed by atoms with Crippen molar-refractivity contribution in [1.29, 1.82) is 0 Å². The van der Waals surface area contributed by atoms with Crippen molar-refractivity contribution in [3.8, 4) is 0 Å². The van der Waals surface area contributed by atoms with Gasteiger partial charge < -0.3 is 20.7 Å². The predicted molar refractivity (Wildman–Crippen MR) is 88.4 cm³/mol. The minimum Gasteiger partial charge on any atom is -0.372 e. The van der Waals surface area contributed by atoms with Gasteiger partial charge in [-0.3, -0.25) is 9.78 Å². The maximum atomic E-state index is 11.9. The molecule has 0 aliphatic carbocycles. The first-order chi connectivity index (χ1) is 11.1. The van der Waals surface area contributed by atoms with Crippen molar-refractivity contribution in [1.82, 2.24) is 4.98 Å². The molecular weight excluding hydrogens is 296 g/mol. The average Bonchev–Trinajstić information content (AvgIpc) is 2.55. The van der Waals surface area contributed by atoms with Crippen molar-refractivity contribution < 1.29 is 14.3 Å². The van der Waals surface area contributed by atoms with E-state index in [1.165, 1.54) is 7.11 Å². The summed E-state index contributed by atoms with van der Waals surface area (Å²) in [5.74, 6) is -0.260. The lowest BCUT2D eigenvalue weighted by molar-refractivity contribution is -0.124. The summed E-state index contributed by atoms with van der Waals surface area (Å²) in [6, 6.07) is 9.89. The number of nitrogens with one attached hydrogen (secondary N) is 3. The third-order valence-electron chi connectivity index (χ3n) is 3.03. The lowest BCUT2D eigenvalue weighted by Gasteiger charge is -2.12. The van der Waals surface area contributed by atoms with E-state index in [0.29, 0.717) is 17.1 Å². The zero-order chi connectivity index (χ0) is 16.7. The third-order valence-corrected chi connectivity index (χ3v) is 3.03. The number of urea groups is 1. The van der Waals surface area contributed by atoms with Gasteiger partial charge in [-0.1, -0.05) is 6.07 Å². The van der Waals surface area contributed by atoms with Gasteiger partial charge in [0, 0.05) is 24.7 Å². The molecule has 120 valence electrons. The topological polar surface area (TPSA) is 92.4 Å². The summed E-state index contributed by atoms with van der Waals surface area (Å²) in [4.78, 5) is 27.6. The molecule has 7 nitrogen and oxygen atoms in total. The fourth-order valence-corrected chi connectivity index (χ4v) is 1.76. The van der Waals surface area contributed by atoms with Gasteiger partial charge in [-0.05, 0) is 37.3 Å². The first-order valence-corrected chi connectivity index (χ1v) is 7.00. The Kier molecular flexibility index (Phi) is 5.65. The van der Waals surface area contributed by atoms with E-state index in [9.17, 15) is 9.59 Å². The van der Waals surface area contributed by atoms with Crippen LogP contribution in [0.5, 0.6) is 0 Å². The lowest BCUT2D eigenvalue weighted by atomic mass is 10.2. The molecule has 0 saturated carbocycles. The fourth-order valence-electron chi connectivity index (χ4n) is 1.76. The van der Waals surface area contributed by atoms with Gasteiger partial charge >= 0.3 is 6.03 Å². The quantitative estimate of drug-likeness (QED) is 0.791. The molecule has 2 rings (SSSR count). The largest absolute Gasteiger partial charge is 0.372 e. The Morgan fingerprint density at radius 2 is 1.70 bits per heavy atom. The molecule has 1 unspecified atom stereocenters. The van der Waals surface area contributed by atoms with Gasteiger partial charge in [0.1, 0.15) is 6.10 Å². The first-order valence-electron chi connectivity index (χ1n) is 7.00. The van der Waals surface area contributed by atoms with Crippen LogP contribution in [0.3, 0.4) is 0 Å². The van der Waals surface area contributed by atoms with Gasteiger partial charge in [0.05, 0.1) is 11.9 Å². The molecule has 2 aromatic rings. The molecule has 1 aromatic heterocycles. The van der Waals surface area contributed by atoms with Crippen molar-refractivity contribution in [3.63, 3.8) is 0 Å². The minimum atomic E-state index is -0.555. The van der Waals surface area contributed by atoms with Gasteiger partial charge in [0.25, 0.3) is 5.91 Å². The van der Waals surface area contributed by atoms with Gasteiger partial charge in [0.15, 0.2) is 0 Å². The van der Waals surface area contributed by atoms with Crippen LogP contribution in [-0.4, -0.2) is 30.1 Å². The number of anilines is 3. The number of ether oxygens (including phenoxy) is 1. The predicted octanol–water partition coefficient (Wildman–Crippen LogP) is 2.70. The van der Waals surface area contributed by atoms with Crippen molar-refractivity contribution in [2.45, 2.75) is 13.0 Å². The summed E-state index contributed by atoms with van der Waals surface area (Å²) < 4.78 is 4.95. The zero-order valence-electron chi connectivity index (χ0n) is 12.9. The van der Waals surface area contributed by atoms with Gasteiger partial charge in [-0.15, -0.1) is 0 Å². The molecule has 0 radical (unpaired) electrons. The molecule has 1 aromatic carbocycles. The first kappa shape index (κ1) is 16.4. The molecule has 0 aliphatic heterocycles. The number of amides is 3. The number of hydrogen-bond donors (Lipinski definition) is 3. The van der Waals surface area contributed by atoms with Crippen LogP contribution in [0.1, 0.15) is 6.92 Å². The van der Waals surface area contributed by atoms with Crippen molar-refractivity contribution in [2.24, 2.45) is 0 Å². The van der Waals surface area contributed by atoms with Crippen molar-refractivity contribution >= 4 is 29.0 Å². The summed E-state index contributed by atoms with van der Waals surface area (Å²) >= 11 is 0. The molecule has 23 heavy (non-hydrogen) atoms. The van der Waals surface area contributed by atoms with E-state index < -0.39 is 12.1 Å². The Morgan fingerprint density at radius 1 is 1.04 bits per heavy atom. The number of carbonyl (C=O) groups excluding carboxylic acids is 2. The number of nitrogens with zero attached hydrogens (tertiary/aromatic N) is 1. The molecule has 0 aliphatic rings. The number of methoxy groups -OCH3 is 1. The van der Waals surface area contributed by atoms with Crippen LogP contribution in [0.2, 0.25) is 0 Å². The van der Waals surface area contributed by atoms with Gasteiger partial charge in [-0.25, -0.2) is 4.79 Å². The number of carbonyl (C=O) groups is 2.